The second-order valence-electron chi connectivity index (χ2n) is 6.57. The number of nitrogens with zero attached hydrogens (tertiary/aromatic N) is 1. The van der Waals surface area contributed by atoms with Gasteiger partial charge in [-0.05, 0) is 29.7 Å². The van der Waals surface area contributed by atoms with Gasteiger partial charge in [-0.3, -0.25) is 4.79 Å². The van der Waals surface area contributed by atoms with Crippen molar-refractivity contribution in [2.75, 3.05) is 18.9 Å². The maximum Gasteiger partial charge on any atom is 0.321 e. The number of hydrogen-bond donors (Lipinski definition) is 2. The van der Waals surface area contributed by atoms with Crippen LogP contribution in [0.1, 0.15) is 29.8 Å². The van der Waals surface area contributed by atoms with Gasteiger partial charge in [0.1, 0.15) is 0 Å². The van der Waals surface area contributed by atoms with Crippen LogP contribution in [0.5, 0.6) is 0 Å². The first-order chi connectivity index (χ1) is 12.4. The lowest BCUT2D eigenvalue weighted by Gasteiger charge is -2.18. The first kappa shape index (κ1) is 19.8. The van der Waals surface area contributed by atoms with E-state index in [9.17, 15) is 9.59 Å². The molecule has 0 aliphatic rings. The lowest BCUT2D eigenvalue weighted by molar-refractivity contribution is 0.0949. The van der Waals surface area contributed by atoms with E-state index in [4.69, 9.17) is 11.6 Å². The summed E-state index contributed by atoms with van der Waals surface area (Å²) in [7, 11) is 1.72. The van der Waals surface area contributed by atoms with Crippen molar-refractivity contribution >= 4 is 29.2 Å². The number of urea groups is 1. The summed E-state index contributed by atoms with van der Waals surface area (Å²) in [6.07, 6.45) is 0. The second-order valence-corrected chi connectivity index (χ2v) is 6.98. The molecule has 26 heavy (non-hydrogen) atoms. The zero-order valence-electron chi connectivity index (χ0n) is 15.3. The van der Waals surface area contributed by atoms with E-state index >= 15 is 0 Å². The molecule has 0 spiro atoms. The van der Waals surface area contributed by atoms with Gasteiger partial charge in [0.15, 0.2) is 0 Å². The Morgan fingerprint density at radius 1 is 1.12 bits per heavy atom. The Kier molecular flexibility index (Phi) is 7.04. The average molecular weight is 374 g/mol. The minimum Gasteiger partial charge on any atom is -0.352 e. The van der Waals surface area contributed by atoms with Gasteiger partial charge in [0.2, 0.25) is 0 Å². The number of anilines is 1. The van der Waals surface area contributed by atoms with Gasteiger partial charge in [0.05, 0.1) is 10.6 Å². The molecule has 0 fully saturated rings. The molecule has 2 N–H and O–H groups in total. The van der Waals surface area contributed by atoms with E-state index in [1.54, 1.807) is 30.1 Å². The first-order valence-electron chi connectivity index (χ1n) is 8.50. The standard InChI is InChI=1S/C20H24ClN3O2/c1-14(2)12-22-19(25)17-10-9-16(11-18(17)21)23-20(26)24(3)13-15-7-5-4-6-8-15/h4-11,14H,12-13H2,1-3H3,(H,22,25)(H,23,26). The normalized spacial score (nSPS) is 10.5. The highest BCUT2D eigenvalue weighted by atomic mass is 35.5. The zero-order valence-corrected chi connectivity index (χ0v) is 16.0. The quantitative estimate of drug-likeness (QED) is 0.788. The predicted octanol–water partition coefficient (Wildman–Crippen LogP) is 4.39. The molecule has 0 unspecified atom stereocenters. The summed E-state index contributed by atoms with van der Waals surface area (Å²) < 4.78 is 0. The fourth-order valence-corrected chi connectivity index (χ4v) is 2.58. The van der Waals surface area contributed by atoms with Gasteiger partial charge in [-0.15, -0.1) is 0 Å². The molecule has 5 nitrogen and oxygen atoms in total. The highest BCUT2D eigenvalue weighted by Crippen LogP contribution is 2.21. The van der Waals surface area contributed by atoms with Crippen LogP contribution < -0.4 is 10.6 Å². The van der Waals surface area contributed by atoms with E-state index in [1.165, 1.54) is 0 Å². The largest absolute Gasteiger partial charge is 0.352 e. The number of halogens is 1. The van der Waals surface area contributed by atoms with Gasteiger partial charge in [-0.25, -0.2) is 4.79 Å². The van der Waals surface area contributed by atoms with Gasteiger partial charge >= 0.3 is 6.03 Å². The average Bonchev–Trinajstić information content (AvgIpc) is 2.60. The molecule has 6 heteroatoms. The summed E-state index contributed by atoms with van der Waals surface area (Å²) in [5, 5.41) is 5.92. The molecule has 2 aromatic carbocycles. The fraction of sp³-hybridized carbons (Fsp3) is 0.300. The Morgan fingerprint density at radius 2 is 1.81 bits per heavy atom. The van der Waals surface area contributed by atoms with E-state index in [2.05, 4.69) is 10.6 Å². The van der Waals surface area contributed by atoms with Crippen molar-refractivity contribution in [1.29, 1.82) is 0 Å². The lowest BCUT2D eigenvalue weighted by Crippen LogP contribution is -2.31. The third-order valence-electron chi connectivity index (χ3n) is 3.75. The molecule has 0 saturated heterocycles. The Labute approximate surface area is 159 Å². The van der Waals surface area contributed by atoms with Crippen LogP contribution >= 0.6 is 11.6 Å². The maximum atomic E-state index is 12.3. The van der Waals surface area contributed by atoms with E-state index in [1.807, 2.05) is 44.2 Å². The van der Waals surface area contributed by atoms with Crippen molar-refractivity contribution in [3.8, 4) is 0 Å². The minimum absolute atomic E-state index is 0.220. The summed E-state index contributed by atoms with van der Waals surface area (Å²) in [6.45, 7) is 5.12. The smallest absolute Gasteiger partial charge is 0.321 e. The Morgan fingerprint density at radius 3 is 2.42 bits per heavy atom. The highest BCUT2D eigenvalue weighted by molar-refractivity contribution is 6.34. The van der Waals surface area contributed by atoms with Crippen molar-refractivity contribution in [3.63, 3.8) is 0 Å². The molecule has 0 bridgehead atoms. The fourth-order valence-electron chi connectivity index (χ4n) is 2.32. The molecule has 0 heterocycles. The zero-order chi connectivity index (χ0) is 19.1. The number of rotatable bonds is 6. The van der Waals surface area contributed by atoms with Crippen molar-refractivity contribution in [3.05, 3.63) is 64.7 Å². The van der Waals surface area contributed by atoms with Crippen LogP contribution in [0.3, 0.4) is 0 Å². The molecule has 0 aliphatic carbocycles. The number of carbonyl (C=O) groups is 2. The predicted molar refractivity (Wildman–Crippen MR) is 106 cm³/mol. The molecule has 2 aromatic rings. The van der Waals surface area contributed by atoms with Gasteiger partial charge in [-0.2, -0.15) is 0 Å². The number of nitrogens with one attached hydrogen (secondary N) is 2. The molecule has 0 saturated carbocycles. The Bertz CT molecular complexity index is 763. The second kappa shape index (κ2) is 9.25. The van der Waals surface area contributed by atoms with E-state index in [0.29, 0.717) is 35.3 Å². The minimum atomic E-state index is -0.248. The lowest BCUT2D eigenvalue weighted by atomic mass is 10.1. The molecule has 0 aromatic heterocycles. The van der Waals surface area contributed by atoms with Crippen LogP contribution in [-0.2, 0) is 6.54 Å². The molecular formula is C20H24ClN3O2. The van der Waals surface area contributed by atoms with Gasteiger partial charge in [-0.1, -0.05) is 55.8 Å². The molecule has 0 atom stereocenters. The van der Waals surface area contributed by atoms with Crippen molar-refractivity contribution in [2.24, 2.45) is 5.92 Å². The van der Waals surface area contributed by atoms with Crippen LogP contribution in [0.15, 0.2) is 48.5 Å². The summed E-state index contributed by atoms with van der Waals surface area (Å²) in [4.78, 5) is 26.0. The monoisotopic (exact) mass is 373 g/mol. The van der Waals surface area contributed by atoms with Crippen LogP contribution in [0.4, 0.5) is 10.5 Å². The van der Waals surface area contributed by atoms with Crippen molar-refractivity contribution in [2.45, 2.75) is 20.4 Å². The number of amides is 3. The molecule has 2 rings (SSSR count). The van der Waals surface area contributed by atoms with E-state index in [0.717, 1.165) is 5.56 Å². The summed E-state index contributed by atoms with van der Waals surface area (Å²) >= 11 is 6.21. The molecule has 0 radical (unpaired) electrons. The Hall–Kier alpha value is -2.53. The molecule has 0 aliphatic heterocycles. The van der Waals surface area contributed by atoms with Crippen LogP contribution in [0.2, 0.25) is 5.02 Å². The third kappa shape index (κ3) is 5.77. The first-order valence-corrected chi connectivity index (χ1v) is 8.88. The van der Waals surface area contributed by atoms with Crippen molar-refractivity contribution in [1.82, 2.24) is 10.2 Å². The van der Waals surface area contributed by atoms with Crippen molar-refractivity contribution < 1.29 is 9.59 Å². The summed E-state index contributed by atoms with van der Waals surface area (Å²) in [6, 6.07) is 14.4. The Balaban J connectivity index is 1.98. The van der Waals surface area contributed by atoms with Crippen LogP contribution in [0, 0.1) is 5.92 Å². The van der Waals surface area contributed by atoms with E-state index < -0.39 is 0 Å². The van der Waals surface area contributed by atoms with Gasteiger partial charge in [0.25, 0.3) is 5.91 Å². The number of benzene rings is 2. The molecule has 138 valence electrons. The highest BCUT2D eigenvalue weighted by Gasteiger charge is 2.13. The SMILES string of the molecule is CC(C)CNC(=O)c1ccc(NC(=O)N(C)Cc2ccccc2)cc1Cl. The number of hydrogen-bond acceptors (Lipinski definition) is 2. The molecular weight excluding hydrogens is 350 g/mol. The van der Waals surface area contributed by atoms with Crippen LogP contribution in [0.25, 0.3) is 0 Å². The van der Waals surface area contributed by atoms with Crippen LogP contribution in [-0.4, -0.2) is 30.4 Å². The summed E-state index contributed by atoms with van der Waals surface area (Å²) in [5.74, 6) is 0.138. The summed E-state index contributed by atoms with van der Waals surface area (Å²) in [5.41, 5.74) is 1.98. The topological polar surface area (TPSA) is 61.4 Å². The maximum absolute atomic E-state index is 12.3. The molecule has 3 amide bonds. The van der Waals surface area contributed by atoms with Gasteiger partial charge in [0, 0.05) is 25.8 Å². The van der Waals surface area contributed by atoms with E-state index in [-0.39, 0.29) is 11.9 Å². The number of carbonyl (C=O) groups excluding carboxylic acids is 2. The third-order valence-corrected chi connectivity index (χ3v) is 4.06. The van der Waals surface area contributed by atoms with Gasteiger partial charge < -0.3 is 15.5 Å².